The van der Waals surface area contributed by atoms with E-state index >= 15 is 0 Å². The number of amides is 2. The quantitative estimate of drug-likeness (QED) is 0.387. The Kier molecular flexibility index (Phi) is 5.17. The van der Waals surface area contributed by atoms with Gasteiger partial charge in [-0.1, -0.05) is 12.1 Å². The number of anilines is 3. The van der Waals surface area contributed by atoms with Crippen molar-refractivity contribution in [3.8, 4) is 11.1 Å². The van der Waals surface area contributed by atoms with E-state index in [9.17, 15) is 22.4 Å². The lowest BCUT2D eigenvalue weighted by Gasteiger charge is -2.12. The van der Waals surface area contributed by atoms with Crippen LogP contribution in [0.15, 0.2) is 55.0 Å². The minimum Gasteiger partial charge on any atom is -0.383 e. The van der Waals surface area contributed by atoms with Crippen molar-refractivity contribution in [3.05, 3.63) is 66.4 Å². The van der Waals surface area contributed by atoms with Crippen molar-refractivity contribution in [2.75, 3.05) is 16.4 Å². The summed E-state index contributed by atoms with van der Waals surface area (Å²) in [7, 11) is 1.82. The number of nitrogen functional groups attached to an aromatic ring is 1. The number of alkyl halides is 3. The molecule has 0 bridgehead atoms. The van der Waals surface area contributed by atoms with Crippen molar-refractivity contribution in [3.63, 3.8) is 0 Å². The average molecular weight is 444 g/mol. The van der Waals surface area contributed by atoms with Crippen LogP contribution in [0.3, 0.4) is 0 Å². The molecule has 4 rings (SSSR count). The molecule has 7 nitrogen and oxygen atoms in total. The number of nitrogens with zero attached hydrogens (tertiary/aromatic N) is 3. The Morgan fingerprint density at radius 2 is 1.78 bits per heavy atom. The first-order valence-corrected chi connectivity index (χ1v) is 9.24. The van der Waals surface area contributed by atoms with E-state index in [2.05, 4.69) is 20.6 Å². The smallest absolute Gasteiger partial charge is 0.383 e. The molecule has 0 radical (unpaired) electrons. The summed E-state index contributed by atoms with van der Waals surface area (Å²) >= 11 is 0. The lowest BCUT2D eigenvalue weighted by molar-refractivity contribution is -0.137. The summed E-state index contributed by atoms with van der Waals surface area (Å²) in [5.74, 6) is -0.658. The molecule has 2 heterocycles. The number of aryl methyl sites for hydroxylation is 1. The highest BCUT2D eigenvalue weighted by Gasteiger charge is 2.31. The van der Waals surface area contributed by atoms with Gasteiger partial charge in [-0.25, -0.2) is 19.2 Å². The van der Waals surface area contributed by atoms with Crippen LogP contribution in [0.5, 0.6) is 0 Å². The fraction of sp³-hybridized carbons (Fsp3) is 0.0952. The molecule has 0 aliphatic heterocycles. The monoisotopic (exact) mass is 444 g/mol. The Labute approximate surface area is 178 Å². The van der Waals surface area contributed by atoms with Crippen LogP contribution in [-0.2, 0) is 13.2 Å². The zero-order chi connectivity index (χ0) is 23.0. The van der Waals surface area contributed by atoms with E-state index in [1.165, 1.54) is 6.33 Å². The molecular formula is C21H16F4N6O. The molecule has 0 spiro atoms. The average Bonchev–Trinajstić information content (AvgIpc) is 3.07. The molecule has 0 fully saturated rings. The molecular weight excluding hydrogens is 428 g/mol. The zero-order valence-corrected chi connectivity index (χ0v) is 16.5. The summed E-state index contributed by atoms with van der Waals surface area (Å²) in [5, 5.41) is 5.24. The number of aromatic nitrogens is 3. The van der Waals surface area contributed by atoms with Gasteiger partial charge >= 0.3 is 12.2 Å². The first-order valence-electron chi connectivity index (χ1n) is 9.24. The van der Waals surface area contributed by atoms with Gasteiger partial charge in [0.25, 0.3) is 0 Å². The second kappa shape index (κ2) is 7.84. The summed E-state index contributed by atoms with van der Waals surface area (Å²) in [6, 6.07) is 7.52. The van der Waals surface area contributed by atoms with Crippen LogP contribution >= 0.6 is 0 Å². The van der Waals surface area contributed by atoms with Gasteiger partial charge in [-0.2, -0.15) is 13.2 Å². The molecule has 0 saturated carbocycles. The normalized spacial score (nSPS) is 11.5. The first-order chi connectivity index (χ1) is 15.1. The Hall–Kier alpha value is -4.15. The number of hydrogen-bond donors (Lipinski definition) is 3. The molecule has 4 aromatic rings. The molecule has 2 aromatic heterocycles. The SMILES string of the molecule is Cn1cc(-c2ccc(NC(=O)Nc3cc(C(F)(F)F)ccc3F)cc2)c2c(N)ncnc21. The van der Waals surface area contributed by atoms with Gasteiger partial charge in [0, 0.05) is 24.5 Å². The molecule has 0 aliphatic carbocycles. The van der Waals surface area contributed by atoms with Crippen molar-refractivity contribution < 1.29 is 22.4 Å². The largest absolute Gasteiger partial charge is 0.416 e. The van der Waals surface area contributed by atoms with Crippen LogP contribution in [0, 0.1) is 5.82 Å². The standard InChI is InChI=1S/C21H16F4N6O/c1-31-9-14(17-18(26)27-10-28-19(17)31)11-2-5-13(6-3-11)29-20(32)30-16-8-12(21(23,24)25)4-7-15(16)22/h2-10H,1H3,(H2,26,27,28)(H2,29,30,32). The summed E-state index contributed by atoms with van der Waals surface area (Å²) in [6.45, 7) is 0. The number of hydrogen-bond acceptors (Lipinski definition) is 4. The van der Waals surface area contributed by atoms with Crippen molar-refractivity contribution in [2.24, 2.45) is 7.05 Å². The highest BCUT2D eigenvalue weighted by molar-refractivity contribution is 6.02. The number of fused-ring (bicyclic) bond motifs is 1. The van der Waals surface area contributed by atoms with Gasteiger partial charge in [-0.05, 0) is 35.9 Å². The van der Waals surface area contributed by atoms with Gasteiger partial charge < -0.3 is 20.9 Å². The van der Waals surface area contributed by atoms with Crippen molar-refractivity contribution in [2.45, 2.75) is 6.18 Å². The molecule has 11 heteroatoms. The predicted octanol–water partition coefficient (Wildman–Crippen LogP) is 5.02. The van der Waals surface area contributed by atoms with Crippen LogP contribution < -0.4 is 16.4 Å². The van der Waals surface area contributed by atoms with Crippen molar-refractivity contribution in [1.82, 2.24) is 14.5 Å². The minimum absolute atomic E-state index is 0.329. The topological polar surface area (TPSA) is 97.9 Å². The van der Waals surface area contributed by atoms with Crippen LogP contribution in [0.4, 0.5) is 39.5 Å². The maximum Gasteiger partial charge on any atom is 0.416 e. The Bertz CT molecular complexity index is 1310. The summed E-state index contributed by atoms with van der Waals surface area (Å²) in [4.78, 5) is 20.4. The number of urea groups is 1. The Morgan fingerprint density at radius 3 is 2.47 bits per heavy atom. The number of carbonyl (C=O) groups is 1. The summed E-state index contributed by atoms with van der Waals surface area (Å²) in [5.41, 5.74) is 6.93. The predicted molar refractivity (Wildman–Crippen MR) is 112 cm³/mol. The second-order valence-corrected chi connectivity index (χ2v) is 6.96. The lowest BCUT2D eigenvalue weighted by atomic mass is 10.1. The molecule has 2 aromatic carbocycles. The van der Waals surface area contributed by atoms with Gasteiger partial charge in [0.2, 0.25) is 0 Å². The Morgan fingerprint density at radius 1 is 1.06 bits per heavy atom. The van der Waals surface area contributed by atoms with E-state index in [4.69, 9.17) is 5.73 Å². The van der Waals surface area contributed by atoms with Gasteiger partial charge in [0.15, 0.2) is 0 Å². The van der Waals surface area contributed by atoms with Crippen LogP contribution in [0.1, 0.15) is 5.56 Å². The van der Waals surface area contributed by atoms with Gasteiger partial charge in [0.1, 0.15) is 23.6 Å². The van der Waals surface area contributed by atoms with Crippen molar-refractivity contribution in [1.29, 1.82) is 0 Å². The van der Waals surface area contributed by atoms with Gasteiger partial charge in [0.05, 0.1) is 16.6 Å². The number of nitrogens with two attached hydrogens (primary N) is 1. The van der Waals surface area contributed by atoms with Gasteiger partial charge in [-0.15, -0.1) is 0 Å². The lowest BCUT2D eigenvalue weighted by Crippen LogP contribution is -2.20. The van der Waals surface area contributed by atoms with Crippen LogP contribution in [0.2, 0.25) is 0 Å². The van der Waals surface area contributed by atoms with E-state index in [1.54, 1.807) is 24.3 Å². The minimum atomic E-state index is -4.66. The Balaban J connectivity index is 1.52. The first kappa shape index (κ1) is 21.1. The summed E-state index contributed by atoms with van der Waals surface area (Å²) < 4.78 is 54.1. The van der Waals surface area contributed by atoms with E-state index in [0.29, 0.717) is 40.7 Å². The number of nitrogens with one attached hydrogen (secondary N) is 2. The van der Waals surface area contributed by atoms with Crippen LogP contribution in [-0.4, -0.2) is 20.6 Å². The number of carbonyl (C=O) groups excluding carboxylic acids is 1. The van der Waals surface area contributed by atoms with E-state index in [1.807, 2.05) is 17.8 Å². The third kappa shape index (κ3) is 4.04. The molecule has 0 unspecified atom stereocenters. The molecule has 4 N–H and O–H groups in total. The third-order valence-corrected chi connectivity index (χ3v) is 4.78. The van der Waals surface area contributed by atoms with E-state index in [0.717, 1.165) is 11.1 Å². The van der Waals surface area contributed by atoms with Gasteiger partial charge in [-0.3, -0.25) is 0 Å². The summed E-state index contributed by atoms with van der Waals surface area (Å²) in [6.07, 6.45) is -1.44. The molecule has 32 heavy (non-hydrogen) atoms. The molecule has 0 saturated heterocycles. The number of benzene rings is 2. The van der Waals surface area contributed by atoms with E-state index in [-0.39, 0.29) is 0 Å². The maximum absolute atomic E-state index is 13.8. The molecule has 2 amide bonds. The molecule has 0 aliphatic rings. The third-order valence-electron chi connectivity index (χ3n) is 4.78. The fourth-order valence-electron chi connectivity index (χ4n) is 3.27. The molecule has 0 atom stereocenters. The zero-order valence-electron chi connectivity index (χ0n) is 16.5. The maximum atomic E-state index is 13.8. The van der Waals surface area contributed by atoms with Crippen LogP contribution in [0.25, 0.3) is 22.2 Å². The number of rotatable bonds is 3. The highest BCUT2D eigenvalue weighted by Crippen LogP contribution is 2.33. The second-order valence-electron chi connectivity index (χ2n) is 6.96. The molecule has 164 valence electrons. The highest BCUT2D eigenvalue weighted by atomic mass is 19.4. The number of halogens is 4. The fourth-order valence-corrected chi connectivity index (χ4v) is 3.27. The van der Waals surface area contributed by atoms with E-state index < -0.39 is 29.3 Å². The van der Waals surface area contributed by atoms with Crippen molar-refractivity contribution >= 4 is 34.3 Å².